The van der Waals surface area contributed by atoms with E-state index in [1.807, 2.05) is 33.0 Å². The van der Waals surface area contributed by atoms with Crippen LogP contribution in [0.3, 0.4) is 0 Å². The summed E-state index contributed by atoms with van der Waals surface area (Å²) >= 11 is 1.73. The molecular formula is C30H37N3O4S. The van der Waals surface area contributed by atoms with Crippen molar-refractivity contribution in [2.75, 3.05) is 26.8 Å². The molecule has 3 aliphatic rings. The van der Waals surface area contributed by atoms with Gasteiger partial charge in [0.15, 0.2) is 11.5 Å². The maximum atomic E-state index is 12.5. The molecule has 0 saturated carbocycles. The summed E-state index contributed by atoms with van der Waals surface area (Å²) in [6.07, 6.45) is 11.4. The molecule has 0 spiro atoms. The number of amides is 1. The van der Waals surface area contributed by atoms with Crippen LogP contribution in [-0.2, 0) is 17.8 Å². The molecule has 2 aliphatic heterocycles. The molecule has 0 saturated heterocycles. The van der Waals surface area contributed by atoms with Gasteiger partial charge < -0.3 is 19.1 Å². The van der Waals surface area contributed by atoms with Crippen LogP contribution in [0.5, 0.6) is 11.5 Å². The van der Waals surface area contributed by atoms with E-state index in [1.165, 1.54) is 16.7 Å². The van der Waals surface area contributed by atoms with Crippen LogP contribution in [0, 0.1) is 0 Å². The van der Waals surface area contributed by atoms with Crippen molar-refractivity contribution in [2.45, 2.75) is 69.5 Å². The second-order valence-electron chi connectivity index (χ2n) is 11.0. The topological polar surface area (TPSA) is 64.1 Å². The van der Waals surface area contributed by atoms with E-state index in [2.05, 4.69) is 40.7 Å². The van der Waals surface area contributed by atoms with E-state index < -0.39 is 5.60 Å². The van der Waals surface area contributed by atoms with Gasteiger partial charge in [-0.2, -0.15) is 0 Å². The zero-order valence-electron chi connectivity index (χ0n) is 22.7. The number of pyridine rings is 1. The Morgan fingerprint density at radius 3 is 2.68 bits per heavy atom. The van der Waals surface area contributed by atoms with E-state index in [1.54, 1.807) is 23.9 Å². The van der Waals surface area contributed by atoms with Crippen molar-refractivity contribution in [1.82, 2.24) is 14.2 Å². The van der Waals surface area contributed by atoms with Gasteiger partial charge in [0.05, 0.1) is 0 Å². The Bertz CT molecular complexity index is 1240. The smallest absolute Gasteiger partial charge is 0.410 e. The summed E-state index contributed by atoms with van der Waals surface area (Å²) in [7, 11) is 1.80. The zero-order chi connectivity index (χ0) is 26.7. The van der Waals surface area contributed by atoms with Gasteiger partial charge in [-0.15, -0.1) is 0 Å². The first-order valence-corrected chi connectivity index (χ1v) is 14.1. The third-order valence-electron chi connectivity index (χ3n) is 6.79. The van der Waals surface area contributed by atoms with Gasteiger partial charge in [0.2, 0.25) is 0 Å². The summed E-state index contributed by atoms with van der Waals surface area (Å²) in [5.74, 6) is 1.75. The highest BCUT2D eigenvalue weighted by Gasteiger charge is 2.26. The van der Waals surface area contributed by atoms with Gasteiger partial charge in [0.25, 0.3) is 0 Å². The van der Waals surface area contributed by atoms with Gasteiger partial charge >= 0.3 is 6.09 Å². The normalized spacial score (nSPS) is 17.5. The van der Waals surface area contributed by atoms with Crippen molar-refractivity contribution in [3.8, 4) is 11.5 Å². The van der Waals surface area contributed by atoms with E-state index in [4.69, 9.17) is 19.2 Å². The van der Waals surface area contributed by atoms with Crippen molar-refractivity contribution in [3.05, 3.63) is 71.1 Å². The highest BCUT2D eigenvalue weighted by molar-refractivity contribution is 7.97. The lowest BCUT2D eigenvalue weighted by Gasteiger charge is -2.27. The van der Waals surface area contributed by atoms with Gasteiger partial charge in [-0.25, -0.2) is 9.10 Å². The molecule has 1 aromatic carbocycles. The van der Waals surface area contributed by atoms with Crippen molar-refractivity contribution >= 4 is 18.0 Å². The summed E-state index contributed by atoms with van der Waals surface area (Å²) in [5.41, 5.74) is 4.40. The number of carbonyl (C=O) groups is 1. The molecule has 0 radical (unpaired) electrons. The third-order valence-corrected chi connectivity index (χ3v) is 7.77. The first-order chi connectivity index (χ1) is 18.2. The maximum absolute atomic E-state index is 12.5. The highest BCUT2D eigenvalue weighted by Crippen LogP contribution is 2.39. The predicted octanol–water partition coefficient (Wildman–Crippen LogP) is 6.49. The fraction of sp³-hybridized carbons (Fsp3) is 0.467. The van der Waals surface area contributed by atoms with Gasteiger partial charge in [0.1, 0.15) is 18.8 Å². The fourth-order valence-electron chi connectivity index (χ4n) is 4.89. The van der Waals surface area contributed by atoms with Crippen LogP contribution < -0.4 is 9.47 Å². The minimum Gasteiger partial charge on any atom is -0.486 e. The molecule has 0 bridgehead atoms. The summed E-state index contributed by atoms with van der Waals surface area (Å²) < 4.78 is 19.3. The SMILES string of the molecule is CN(CCC(C1=CCCC=C1)c1cc2c(cn1)CN(Sc1ccc3c(c1)OCCO3)C2)C(=O)OC(C)(C)C. The molecule has 38 heavy (non-hydrogen) atoms. The average Bonchev–Trinajstić information content (AvgIpc) is 3.30. The molecule has 1 aliphatic carbocycles. The van der Waals surface area contributed by atoms with Crippen LogP contribution in [0.4, 0.5) is 4.79 Å². The molecule has 0 fully saturated rings. The molecule has 7 nitrogen and oxygen atoms in total. The van der Waals surface area contributed by atoms with Crippen LogP contribution in [0.1, 0.15) is 62.8 Å². The number of nitrogens with zero attached hydrogens (tertiary/aromatic N) is 3. The number of carbonyl (C=O) groups excluding carboxylic acids is 1. The van der Waals surface area contributed by atoms with Gasteiger partial charge in [-0.05, 0) is 92.9 Å². The molecular weight excluding hydrogens is 498 g/mol. The molecule has 5 rings (SSSR count). The van der Waals surface area contributed by atoms with Gasteiger partial charge in [-0.3, -0.25) is 4.98 Å². The molecule has 1 atom stereocenters. The number of allylic oxidation sites excluding steroid dienone is 4. The highest BCUT2D eigenvalue weighted by atomic mass is 32.2. The molecule has 1 amide bonds. The first kappa shape index (κ1) is 26.6. The Morgan fingerprint density at radius 1 is 1.13 bits per heavy atom. The van der Waals surface area contributed by atoms with E-state index in [-0.39, 0.29) is 12.0 Å². The lowest BCUT2D eigenvalue weighted by Crippen LogP contribution is -2.35. The van der Waals surface area contributed by atoms with Crippen LogP contribution in [0.15, 0.2) is 59.2 Å². The number of hydrogen-bond donors (Lipinski definition) is 0. The number of benzene rings is 1. The van der Waals surface area contributed by atoms with Crippen molar-refractivity contribution in [3.63, 3.8) is 0 Å². The summed E-state index contributed by atoms with van der Waals surface area (Å²) in [5, 5.41) is 0. The van der Waals surface area contributed by atoms with E-state index in [0.29, 0.717) is 19.8 Å². The summed E-state index contributed by atoms with van der Waals surface area (Å²) in [6.45, 7) is 9.15. The largest absolute Gasteiger partial charge is 0.486 e. The quantitative estimate of drug-likeness (QED) is 0.375. The second kappa shape index (κ2) is 11.4. The molecule has 2 aromatic rings. The number of fused-ring (bicyclic) bond motifs is 2. The zero-order valence-corrected chi connectivity index (χ0v) is 23.6. The van der Waals surface area contributed by atoms with Crippen LogP contribution in [-0.4, -0.2) is 52.7 Å². The van der Waals surface area contributed by atoms with Crippen LogP contribution in [0.25, 0.3) is 0 Å². The average molecular weight is 536 g/mol. The Morgan fingerprint density at radius 2 is 1.92 bits per heavy atom. The minimum atomic E-state index is -0.509. The maximum Gasteiger partial charge on any atom is 0.410 e. The molecule has 8 heteroatoms. The summed E-state index contributed by atoms with van der Waals surface area (Å²) in [6, 6.07) is 8.40. The van der Waals surface area contributed by atoms with Crippen molar-refractivity contribution < 1.29 is 19.0 Å². The third kappa shape index (κ3) is 6.53. The first-order valence-electron chi connectivity index (χ1n) is 13.4. The molecule has 0 N–H and O–H groups in total. The lowest BCUT2D eigenvalue weighted by atomic mass is 9.87. The van der Waals surface area contributed by atoms with E-state index in [9.17, 15) is 4.79 Å². The second-order valence-corrected chi connectivity index (χ2v) is 12.2. The van der Waals surface area contributed by atoms with Gasteiger partial charge in [-0.1, -0.05) is 18.2 Å². The molecule has 1 unspecified atom stereocenters. The monoisotopic (exact) mass is 535 g/mol. The number of rotatable bonds is 7. The predicted molar refractivity (Wildman–Crippen MR) is 149 cm³/mol. The standard InChI is InChI=1S/C30H37N3O4S/c1-30(2,3)37-29(34)32(4)13-12-25(21-8-6-5-7-9-21)26-16-22-19-33(20-23(22)18-31-26)38-24-10-11-27-28(17-24)36-15-14-35-27/h6,8-11,16-18,25H,5,7,12-15,19-20H2,1-4H3. The fourth-order valence-corrected chi connectivity index (χ4v) is 5.88. The molecule has 3 heterocycles. The lowest BCUT2D eigenvalue weighted by molar-refractivity contribution is 0.0295. The van der Waals surface area contributed by atoms with Crippen molar-refractivity contribution in [1.29, 1.82) is 0 Å². The minimum absolute atomic E-state index is 0.126. The molecule has 202 valence electrons. The van der Waals surface area contributed by atoms with E-state index in [0.717, 1.165) is 54.4 Å². The van der Waals surface area contributed by atoms with Crippen LogP contribution >= 0.6 is 11.9 Å². The number of aromatic nitrogens is 1. The molecule has 1 aromatic heterocycles. The Balaban J connectivity index is 1.28. The van der Waals surface area contributed by atoms with Crippen molar-refractivity contribution in [2.24, 2.45) is 0 Å². The number of ether oxygens (including phenoxy) is 3. The van der Waals surface area contributed by atoms with Gasteiger partial charge in [0, 0.05) is 49.4 Å². The Hall–Kier alpha value is -2.97. The Kier molecular flexibility index (Phi) is 8.00. The Labute approximate surface area is 230 Å². The van der Waals surface area contributed by atoms with Crippen LogP contribution in [0.2, 0.25) is 0 Å². The van der Waals surface area contributed by atoms with E-state index >= 15 is 0 Å². The summed E-state index contributed by atoms with van der Waals surface area (Å²) in [4.78, 5) is 20.3. The number of hydrogen-bond acceptors (Lipinski definition) is 7.